The Morgan fingerprint density at radius 1 is 1.18 bits per heavy atom. The predicted octanol–water partition coefficient (Wildman–Crippen LogP) is 2.69. The number of hydrogen-bond acceptors (Lipinski definition) is 6. The van der Waals surface area contributed by atoms with E-state index >= 15 is 0 Å². The molecule has 34 heavy (non-hydrogen) atoms. The van der Waals surface area contributed by atoms with E-state index in [1.165, 1.54) is 0 Å². The molecule has 2 amide bonds. The number of aryl methyl sites for hydroxylation is 1. The summed E-state index contributed by atoms with van der Waals surface area (Å²) in [6, 6.07) is 12.7. The molecule has 1 heterocycles. The van der Waals surface area contributed by atoms with E-state index in [0.717, 1.165) is 18.5 Å². The standard InChI is InChI=1S/C26H33N3O5/c1-4-19-8-5-6-9-23(19)33-17-22(30)20-11-12-24-21(16-20)29(26(32)18-34-24)14-7-10-25(31)27-13-15-28(2)3/h5-6,8-9,11-12,16H,4,7,10,13-15,17-18H2,1-3H3,(H,27,31). The average Bonchev–Trinajstić information content (AvgIpc) is 2.83. The summed E-state index contributed by atoms with van der Waals surface area (Å²) in [5.74, 6) is 0.811. The molecule has 0 fully saturated rings. The zero-order valence-electron chi connectivity index (χ0n) is 20.1. The Morgan fingerprint density at radius 2 is 1.97 bits per heavy atom. The number of nitrogens with zero attached hydrogens (tertiary/aromatic N) is 2. The average molecular weight is 468 g/mol. The van der Waals surface area contributed by atoms with Crippen molar-refractivity contribution in [1.82, 2.24) is 10.2 Å². The minimum Gasteiger partial charge on any atom is -0.485 e. The third-order valence-electron chi connectivity index (χ3n) is 5.60. The van der Waals surface area contributed by atoms with E-state index in [-0.39, 0.29) is 30.8 Å². The Hall–Kier alpha value is -3.39. The van der Waals surface area contributed by atoms with Crippen LogP contribution in [-0.4, -0.2) is 69.4 Å². The normalized spacial score (nSPS) is 12.8. The minimum atomic E-state index is -0.196. The number of para-hydroxylation sites is 1. The van der Waals surface area contributed by atoms with E-state index in [9.17, 15) is 14.4 Å². The Morgan fingerprint density at radius 3 is 2.74 bits per heavy atom. The van der Waals surface area contributed by atoms with Crippen molar-refractivity contribution in [2.24, 2.45) is 0 Å². The quantitative estimate of drug-likeness (QED) is 0.483. The molecule has 2 aromatic carbocycles. The van der Waals surface area contributed by atoms with Crippen molar-refractivity contribution in [3.8, 4) is 11.5 Å². The monoisotopic (exact) mass is 467 g/mol. The molecule has 0 unspecified atom stereocenters. The molecule has 0 saturated carbocycles. The number of ether oxygens (including phenoxy) is 2. The molecule has 0 spiro atoms. The van der Waals surface area contributed by atoms with Crippen LogP contribution in [0.5, 0.6) is 11.5 Å². The number of hydrogen-bond donors (Lipinski definition) is 1. The highest BCUT2D eigenvalue weighted by Gasteiger charge is 2.26. The highest BCUT2D eigenvalue weighted by atomic mass is 16.5. The number of carbonyl (C=O) groups is 3. The molecule has 0 atom stereocenters. The number of Topliss-reactive ketones (excluding diaryl/α,β-unsaturated/α-hetero) is 1. The van der Waals surface area contributed by atoms with Gasteiger partial charge in [-0.1, -0.05) is 25.1 Å². The van der Waals surface area contributed by atoms with Gasteiger partial charge in [0.25, 0.3) is 5.91 Å². The van der Waals surface area contributed by atoms with E-state index in [1.54, 1.807) is 23.1 Å². The molecular formula is C26H33N3O5. The van der Waals surface area contributed by atoms with E-state index in [2.05, 4.69) is 5.32 Å². The molecule has 1 N–H and O–H groups in total. The molecule has 3 rings (SSSR count). The lowest BCUT2D eigenvalue weighted by Gasteiger charge is -2.29. The minimum absolute atomic E-state index is 0.0452. The number of ketones is 1. The number of benzene rings is 2. The van der Waals surface area contributed by atoms with Crippen molar-refractivity contribution in [3.05, 3.63) is 53.6 Å². The zero-order valence-corrected chi connectivity index (χ0v) is 20.1. The summed E-state index contributed by atoms with van der Waals surface area (Å²) in [6.45, 7) is 3.60. The van der Waals surface area contributed by atoms with Crippen LogP contribution >= 0.6 is 0 Å². The number of nitrogens with one attached hydrogen (secondary N) is 1. The van der Waals surface area contributed by atoms with Crippen LogP contribution in [0, 0.1) is 0 Å². The Kier molecular flexibility index (Phi) is 9.04. The predicted molar refractivity (Wildman–Crippen MR) is 131 cm³/mol. The highest BCUT2D eigenvalue weighted by Crippen LogP contribution is 2.33. The lowest BCUT2D eigenvalue weighted by Crippen LogP contribution is -2.40. The van der Waals surface area contributed by atoms with Crippen molar-refractivity contribution in [2.75, 3.05) is 51.8 Å². The number of amides is 2. The first-order valence-electron chi connectivity index (χ1n) is 11.6. The number of anilines is 1. The third kappa shape index (κ3) is 6.81. The molecule has 0 bridgehead atoms. The Labute approximate surface area is 200 Å². The maximum atomic E-state index is 12.8. The van der Waals surface area contributed by atoms with E-state index in [0.29, 0.717) is 48.7 Å². The molecule has 2 aromatic rings. The number of carbonyl (C=O) groups excluding carboxylic acids is 3. The Bertz CT molecular complexity index is 1020. The zero-order chi connectivity index (χ0) is 24.5. The van der Waals surface area contributed by atoms with Crippen LogP contribution in [0.15, 0.2) is 42.5 Å². The van der Waals surface area contributed by atoms with Crippen molar-refractivity contribution < 1.29 is 23.9 Å². The molecule has 8 nitrogen and oxygen atoms in total. The SMILES string of the molecule is CCc1ccccc1OCC(=O)c1ccc2c(c1)N(CCCC(=O)NCCN(C)C)C(=O)CO2. The fourth-order valence-electron chi connectivity index (χ4n) is 3.69. The lowest BCUT2D eigenvalue weighted by atomic mass is 10.1. The van der Waals surface area contributed by atoms with E-state index in [1.807, 2.05) is 50.2 Å². The maximum Gasteiger partial charge on any atom is 0.265 e. The van der Waals surface area contributed by atoms with Crippen molar-refractivity contribution >= 4 is 23.3 Å². The van der Waals surface area contributed by atoms with Gasteiger partial charge in [-0.25, -0.2) is 0 Å². The van der Waals surface area contributed by atoms with Gasteiger partial charge in [0.05, 0.1) is 5.69 Å². The lowest BCUT2D eigenvalue weighted by molar-refractivity contribution is -0.122. The van der Waals surface area contributed by atoms with Crippen LogP contribution in [0.2, 0.25) is 0 Å². The molecule has 182 valence electrons. The third-order valence-corrected chi connectivity index (χ3v) is 5.60. The smallest absolute Gasteiger partial charge is 0.265 e. The topological polar surface area (TPSA) is 88.2 Å². The van der Waals surface area contributed by atoms with Gasteiger partial charge in [0, 0.05) is 31.6 Å². The molecule has 0 saturated heterocycles. The molecule has 0 radical (unpaired) electrons. The van der Waals surface area contributed by atoms with Crippen LogP contribution < -0.4 is 19.7 Å². The summed E-state index contributed by atoms with van der Waals surface area (Å²) in [5, 5.41) is 2.87. The summed E-state index contributed by atoms with van der Waals surface area (Å²) < 4.78 is 11.3. The largest absolute Gasteiger partial charge is 0.485 e. The summed E-state index contributed by atoms with van der Waals surface area (Å²) in [6.07, 6.45) is 1.63. The van der Waals surface area contributed by atoms with Crippen LogP contribution in [0.4, 0.5) is 5.69 Å². The number of likely N-dealkylation sites (N-methyl/N-ethyl adjacent to an activating group) is 1. The molecular weight excluding hydrogens is 434 g/mol. The summed E-state index contributed by atoms with van der Waals surface area (Å²) >= 11 is 0. The van der Waals surface area contributed by atoms with Crippen molar-refractivity contribution in [2.45, 2.75) is 26.2 Å². The van der Waals surface area contributed by atoms with Gasteiger partial charge in [-0.05, 0) is 56.8 Å². The number of fused-ring (bicyclic) bond motifs is 1. The summed E-state index contributed by atoms with van der Waals surface area (Å²) in [5.41, 5.74) is 2.03. The molecule has 1 aliphatic rings. The summed E-state index contributed by atoms with van der Waals surface area (Å²) in [4.78, 5) is 41.0. The van der Waals surface area contributed by atoms with Crippen LogP contribution in [0.25, 0.3) is 0 Å². The molecule has 0 aliphatic carbocycles. The van der Waals surface area contributed by atoms with Crippen LogP contribution in [0.3, 0.4) is 0 Å². The van der Waals surface area contributed by atoms with Crippen molar-refractivity contribution in [1.29, 1.82) is 0 Å². The molecule has 8 heteroatoms. The van der Waals surface area contributed by atoms with Gasteiger partial charge in [0.1, 0.15) is 11.5 Å². The van der Waals surface area contributed by atoms with Crippen LogP contribution in [-0.2, 0) is 16.0 Å². The van der Waals surface area contributed by atoms with Gasteiger partial charge < -0.3 is 24.6 Å². The fourth-order valence-corrected chi connectivity index (χ4v) is 3.69. The van der Waals surface area contributed by atoms with Gasteiger partial charge in [-0.2, -0.15) is 0 Å². The second-order valence-electron chi connectivity index (χ2n) is 8.45. The van der Waals surface area contributed by atoms with Crippen molar-refractivity contribution in [3.63, 3.8) is 0 Å². The fraction of sp³-hybridized carbons (Fsp3) is 0.423. The van der Waals surface area contributed by atoms with Gasteiger partial charge >= 0.3 is 0 Å². The molecule has 0 aromatic heterocycles. The maximum absolute atomic E-state index is 12.8. The van der Waals surface area contributed by atoms with Crippen LogP contribution in [0.1, 0.15) is 35.7 Å². The Balaban J connectivity index is 1.61. The van der Waals surface area contributed by atoms with E-state index in [4.69, 9.17) is 9.47 Å². The first-order valence-corrected chi connectivity index (χ1v) is 11.6. The second kappa shape index (κ2) is 12.2. The first-order chi connectivity index (χ1) is 16.4. The number of rotatable bonds is 12. The van der Waals surface area contributed by atoms with Gasteiger partial charge in [-0.15, -0.1) is 0 Å². The first kappa shape index (κ1) is 25.2. The highest BCUT2D eigenvalue weighted by molar-refractivity contribution is 6.02. The van der Waals surface area contributed by atoms with Gasteiger partial charge in [-0.3, -0.25) is 14.4 Å². The van der Waals surface area contributed by atoms with Gasteiger partial charge in [0.2, 0.25) is 5.91 Å². The van der Waals surface area contributed by atoms with E-state index < -0.39 is 0 Å². The molecule has 1 aliphatic heterocycles. The van der Waals surface area contributed by atoms with Gasteiger partial charge in [0.15, 0.2) is 19.0 Å². The summed E-state index contributed by atoms with van der Waals surface area (Å²) in [7, 11) is 3.89. The second-order valence-corrected chi connectivity index (χ2v) is 8.45.